The number of fused-ring (bicyclic) bond motifs is 1. The highest BCUT2D eigenvalue weighted by Crippen LogP contribution is 2.29. The molecule has 2 aromatic rings. The van der Waals surface area contributed by atoms with Gasteiger partial charge in [0.1, 0.15) is 5.82 Å². The zero-order valence-electron chi connectivity index (χ0n) is 13.5. The lowest BCUT2D eigenvalue weighted by Gasteiger charge is -2.15. The number of carbonyl (C=O) groups is 1. The number of methoxy groups -OCH3 is 1. The molecule has 120 valence electrons. The van der Waals surface area contributed by atoms with Gasteiger partial charge in [0, 0.05) is 38.9 Å². The zero-order valence-corrected chi connectivity index (χ0v) is 13.5. The summed E-state index contributed by atoms with van der Waals surface area (Å²) in [6.45, 7) is 4.42. The maximum absolute atomic E-state index is 11.9. The van der Waals surface area contributed by atoms with Crippen LogP contribution in [0.1, 0.15) is 25.1 Å². The van der Waals surface area contributed by atoms with Gasteiger partial charge in [0.15, 0.2) is 0 Å². The van der Waals surface area contributed by atoms with Crippen molar-refractivity contribution in [2.45, 2.75) is 25.8 Å². The number of nitrogens with zero attached hydrogens (tertiary/aromatic N) is 4. The van der Waals surface area contributed by atoms with Crippen LogP contribution in [0.25, 0.3) is 11.0 Å². The van der Waals surface area contributed by atoms with Crippen molar-refractivity contribution in [1.29, 1.82) is 0 Å². The van der Waals surface area contributed by atoms with Crippen LogP contribution in [-0.2, 0) is 16.1 Å². The summed E-state index contributed by atoms with van der Waals surface area (Å²) in [5.74, 6) is 6.42. The Kier molecular flexibility index (Phi) is 4.58. The molecule has 3 rings (SSSR count). The Balaban J connectivity index is 1.90. The fourth-order valence-electron chi connectivity index (χ4n) is 3.06. The van der Waals surface area contributed by atoms with E-state index in [-0.39, 0.29) is 11.8 Å². The van der Waals surface area contributed by atoms with Gasteiger partial charge < -0.3 is 14.2 Å². The van der Waals surface area contributed by atoms with E-state index in [1.807, 2.05) is 12.3 Å². The van der Waals surface area contributed by atoms with Gasteiger partial charge in [-0.25, -0.2) is 4.98 Å². The number of ether oxygens (including phenoxy) is 1. The number of rotatable bonds is 4. The Bertz CT molecular complexity index is 772. The summed E-state index contributed by atoms with van der Waals surface area (Å²) >= 11 is 0. The molecule has 2 aromatic heterocycles. The molecule has 1 aliphatic heterocycles. The summed E-state index contributed by atoms with van der Waals surface area (Å²) < 4.78 is 7.38. The van der Waals surface area contributed by atoms with Gasteiger partial charge in [0.25, 0.3) is 5.91 Å². The molecule has 1 amide bonds. The van der Waals surface area contributed by atoms with E-state index in [0.717, 1.165) is 36.4 Å². The average molecular weight is 312 g/mol. The highest BCUT2D eigenvalue weighted by Gasteiger charge is 2.30. The first-order valence-corrected chi connectivity index (χ1v) is 7.75. The molecule has 0 bridgehead atoms. The van der Waals surface area contributed by atoms with Crippen LogP contribution in [0.5, 0.6) is 0 Å². The highest BCUT2D eigenvalue weighted by molar-refractivity contribution is 5.93. The fraction of sp³-hybridized carbons (Fsp3) is 0.471. The Labute approximate surface area is 135 Å². The van der Waals surface area contributed by atoms with Crippen LogP contribution in [0.4, 0.5) is 0 Å². The molecule has 0 N–H and O–H groups in total. The van der Waals surface area contributed by atoms with Crippen LogP contribution >= 0.6 is 0 Å². The van der Waals surface area contributed by atoms with Crippen LogP contribution in [0.2, 0.25) is 0 Å². The molecule has 3 heterocycles. The van der Waals surface area contributed by atoms with E-state index >= 15 is 0 Å². The van der Waals surface area contributed by atoms with Crippen molar-refractivity contribution in [1.82, 2.24) is 19.4 Å². The van der Waals surface area contributed by atoms with Gasteiger partial charge in [0.05, 0.1) is 23.8 Å². The SMILES string of the molecule is CC#CC(=O)N1CCC(c2nc3ccncc3n2CCOC)C1. The molecule has 6 heteroatoms. The van der Waals surface area contributed by atoms with Crippen molar-refractivity contribution in [2.75, 3.05) is 26.8 Å². The van der Waals surface area contributed by atoms with Crippen LogP contribution in [0.15, 0.2) is 18.5 Å². The third kappa shape index (κ3) is 3.06. The highest BCUT2D eigenvalue weighted by atomic mass is 16.5. The minimum atomic E-state index is -0.101. The molecule has 6 nitrogen and oxygen atoms in total. The quantitative estimate of drug-likeness (QED) is 0.801. The van der Waals surface area contributed by atoms with Crippen molar-refractivity contribution in [3.63, 3.8) is 0 Å². The van der Waals surface area contributed by atoms with E-state index in [9.17, 15) is 4.79 Å². The number of hydrogen-bond acceptors (Lipinski definition) is 4. The number of amides is 1. The first-order valence-electron chi connectivity index (χ1n) is 7.75. The standard InChI is InChI=1S/C17H20N4O2/c1-3-4-16(22)20-8-6-13(12-20)17-19-14-5-7-18-11-15(14)21(17)9-10-23-2/h5,7,11,13H,6,8-10,12H2,1-2H3. The van der Waals surface area contributed by atoms with Crippen LogP contribution in [-0.4, -0.2) is 52.1 Å². The van der Waals surface area contributed by atoms with E-state index < -0.39 is 0 Å². The maximum atomic E-state index is 11.9. The largest absolute Gasteiger partial charge is 0.383 e. The van der Waals surface area contributed by atoms with Crippen LogP contribution in [0, 0.1) is 11.8 Å². The minimum absolute atomic E-state index is 0.101. The molecule has 0 aliphatic carbocycles. The summed E-state index contributed by atoms with van der Waals surface area (Å²) in [5.41, 5.74) is 1.95. The Hall–Kier alpha value is -2.39. The van der Waals surface area contributed by atoms with Gasteiger partial charge in [-0.05, 0) is 25.3 Å². The molecule has 23 heavy (non-hydrogen) atoms. The first kappa shape index (κ1) is 15.5. The van der Waals surface area contributed by atoms with Crippen molar-refractivity contribution in [3.8, 4) is 11.8 Å². The molecule has 1 unspecified atom stereocenters. The van der Waals surface area contributed by atoms with E-state index in [1.165, 1.54) is 0 Å². The summed E-state index contributed by atoms with van der Waals surface area (Å²) in [6, 6.07) is 1.92. The number of imidazole rings is 1. The Morgan fingerprint density at radius 1 is 1.52 bits per heavy atom. The van der Waals surface area contributed by atoms with Crippen molar-refractivity contribution >= 4 is 16.9 Å². The van der Waals surface area contributed by atoms with Gasteiger partial charge in [-0.1, -0.05) is 5.92 Å². The van der Waals surface area contributed by atoms with E-state index in [0.29, 0.717) is 13.2 Å². The smallest absolute Gasteiger partial charge is 0.298 e. The number of pyridine rings is 1. The molecule has 0 saturated carbocycles. The normalized spacial score (nSPS) is 17.3. The number of likely N-dealkylation sites (tertiary alicyclic amines) is 1. The lowest BCUT2D eigenvalue weighted by Crippen LogP contribution is -2.27. The number of aromatic nitrogens is 3. The second-order valence-corrected chi connectivity index (χ2v) is 5.59. The predicted molar refractivity (Wildman–Crippen MR) is 86.8 cm³/mol. The van der Waals surface area contributed by atoms with Gasteiger partial charge in [-0.15, -0.1) is 0 Å². The zero-order chi connectivity index (χ0) is 16.2. The average Bonchev–Trinajstić information content (AvgIpc) is 3.18. The number of hydrogen-bond donors (Lipinski definition) is 0. The molecular weight excluding hydrogens is 292 g/mol. The van der Waals surface area contributed by atoms with Crippen molar-refractivity contribution < 1.29 is 9.53 Å². The summed E-state index contributed by atoms with van der Waals surface area (Å²) in [4.78, 5) is 22.7. The molecule has 0 aromatic carbocycles. The summed E-state index contributed by atoms with van der Waals surface area (Å²) in [6.07, 6.45) is 4.49. The summed E-state index contributed by atoms with van der Waals surface area (Å²) in [7, 11) is 1.69. The second kappa shape index (κ2) is 6.80. The van der Waals surface area contributed by atoms with Crippen LogP contribution in [0.3, 0.4) is 0 Å². The molecule has 1 atom stereocenters. The molecule has 1 saturated heterocycles. The van der Waals surface area contributed by atoms with Gasteiger partial charge in [-0.2, -0.15) is 0 Å². The Morgan fingerprint density at radius 2 is 2.39 bits per heavy atom. The van der Waals surface area contributed by atoms with Gasteiger partial charge in [0.2, 0.25) is 0 Å². The van der Waals surface area contributed by atoms with Crippen molar-refractivity contribution in [2.24, 2.45) is 0 Å². The number of carbonyl (C=O) groups excluding carboxylic acids is 1. The van der Waals surface area contributed by atoms with E-state index in [1.54, 1.807) is 25.1 Å². The molecule has 0 spiro atoms. The Morgan fingerprint density at radius 3 is 3.17 bits per heavy atom. The molecule has 1 fully saturated rings. The third-order valence-electron chi connectivity index (χ3n) is 4.17. The predicted octanol–water partition coefficient (Wildman–Crippen LogP) is 1.42. The lowest BCUT2D eigenvalue weighted by atomic mass is 10.1. The first-order chi connectivity index (χ1) is 11.2. The fourth-order valence-corrected chi connectivity index (χ4v) is 3.06. The maximum Gasteiger partial charge on any atom is 0.298 e. The monoisotopic (exact) mass is 312 g/mol. The van der Waals surface area contributed by atoms with E-state index in [2.05, 4.69) is 21.4 Å². The molecule has 1 aliphatic rings. The third-order valence-corrected chi connectivity index (χ3v) is 4.17. The molecular formula is C17H20N4O2. The minimum Gasteiger partial charge on any atom is -0.383 e. The lowest BCUT2D eigenvalue weighted by molar-refractivity contribution is -0.124. The van der Waals surface area contributed by atoms with Gasteiger partial charge >= 0.3 is 0 Å². The second-order valence-electron chi connectivity index (χ2n) is 5.59. The molecule has 0 radical (unpaired) electrons. The summed E-state index contributed by atoms with van der Waals surface area (Å²) in [5, 5.41) is 0. The topological polar surface area (TPSA) is 60.2 Å². The van der Waals surface area contributed by atoms with E-state index in [4.69, 9.17) is 9.72 Å². The van der Waals surface area contributed by atoms with Gasteiger partial charge in [-0.3, -0.25) is 9.78 Å². The van der Waals surface area contributed by atoms with Crippen LogP contribution < -0.4 is 0 Å². The van der Waals surface area contributed by atoms with Crippen molar-refractivity contribution in [3.05, 3.63) is 24.3 Å².